The Kier molecular flexibility index (Phi) is 2.24. The van der Waals surface area contributed by atoms with Crippen molar-refractivity contribution in [3.05, 3.63) is 0 Å². The molecule has 0 atom stereocenters. The minimum atomic E-state index is 0.0972. The minimum absolute atomic E-state index is 0.0972. The van der Waals surface area contributed by atoms with Crippen LogP contribution in [0.15, 0.2) is 0 Å². The molecule has 6 heavy (non-hydrogen) atoms. The predicted molar refractivity (Wildman–Crippen MR) is 20.8 cm³/mol. The summed E-state index contributed by atoms with van der Waals surface area (Å²) < 4.78 is 5.06. The Hall–Kier alpha value is 0.583. The Labute approximate surface area is 49.2 Å². The molecule has 0 rings (SSSR count). The van der Waals surface area contributed by atoms with E-state index in [1.54, 1.807) is 0 Å². The molecule has 0 saturated heterocycles. The normalized spacial score (nSPS) is 12.2. The van der Waals surface area contributed by atoms with Gasteiger partial charge in [-0.2, -0.15) is 0 Å². The van der Waals surface area contributed by atoms with Gasteiger partial charge in [0.2, 0.25) is 0 Å². The summed E-state index contributed by atoms with van der Waals surface area (Å²) in [6.45, 7) is 6.16. The van der Waals surface area contributed by atoms with Gasteiger partial charge in [-0.05, 0) is 0 Å². The topological polar surface area (TPSA) is 9.23 Å². The van der Waals surface area contributed by atoms with Crippen LogP contribution in [0.1, 0.15) is 20.8 Å². The third-order valence-electron chi connectivity index (χ3n) is 0.433. The van der Waals surface area contributed by atoms with Crippen LogP contribution >= 0.6 is 0 Å². The Bertz CT molecular complexity index is 37.3. The molecule has 0 spiro atoms. The number of rotatable bonds is 0. The molecular weight excluding hydrogens is 129 g/mol. The van der Waals surface area contributed by atoms with E-state index in [1.165, 1.54) is 0 Å². The summed E-state index contributed by atoms with van der Waals surface area (Å²) in [5.41, 5.74) is 0.0972. The zero-order valence-corrected chi connectivity index (χ0v) is 7.58. The molecule has 0 bridgehead atoms. The molecule has 0 aromatic rings. The van der Waals surface area contributed by atoms with E-state index in [1.807, 2.05) is 0 Å². The SMILES string of the molecule is CC(C)(C)[O][Zn]. The molecule has 0 fully saturated rings. The maximum atomic E-state index is 5.06. The van der Waals surface area contributed by atoms with Crippen LogP contribution in [0.4, 0.5) is 0 Å². The molecule has 0 aliphatic carbocycles. The molecule has 0 amide bonds. The van der Waals surface area contributed by atoms with Gasteiger partial charge in [-0.25, -0.2) is 0 Å². The average Bonchev–Trinajstić information content (AvgIpc) is 1.35. The van der Waals surface area contributed by atoms with E-state index < -0.39 is 0 Å². The molecule has 0 unspecified atom stereocenters. The molecule has 0 aliphatic heterocycles. The van der Waals surface area contributed by atoms with Crippen LogP contribution in [0, 0.1) is 0 Å². The fraction of sp³-hybridized carbons (Fsp3) is 1.00. The van der Waals surface area contributed by atoms with E-state index in [4.69, 9.17) is 3.56 Å². The second kappa shape index (κ2) is 2.04. The van der Waals surface area contributed by atoms with Crippen molar-refractivity contribution in [2.75, 3.05) is 0 Å². The average molecular weight is 139 g/mol. The Morgan fingerprint density at radius 3 is 1.50 bits per heavy atom. The van der Waals surface area contributed by atoms with E-state index in [2.05, 4.69) is 20.8 Å². The van der Waals surface area contributed by atoms with E-state index in [9.17, 15) is 0 Å². The summed E-state index contributed by atoms with van der Waals surface area (Å²) in [6, 6.07) is 0. The van der Waals surface area contributed by atoms with E-state index in [-0.39, 0.29) is 5.60 Å². The summed E-state index contributed by atoms with van der Waals surface area (Å²) in [4.78, 5) is 0. The second-order valence-corrected chi connectivity index (χ2v) is 2.86. The van der Waals surface area contributed by atoms with Gasteiger partial charge in [-0.15, -0.1) is 0 Å². The summed E-state index contributed by atoms with van der Waals surface area (Å²) in [7, 11) is 0. The predicted octanol–water partition coefficient (Wildman–Crippen LogP) is 1.26. The third-order valence-corrected chi connectivity index (χ3v) is 2.25. The van der Waals surface area contributed by atoms with Crippen LogP contribution < -0.4 is 0 Å². The fourth-order valence-electron chi connectivity index (χ4n) is 0. The quantitative estimate of drug-likeness (QED) is 0.458. The summed E-state index contributed by atoms with van der Waals surface area (Å²) in [6.07, 6.45) is 0. The van der Waals surface area contributed by atoms with Crippen LogP contribution in [0.25, 0.3) is 0 Å². The summed E-state index contributed by atoms with van der Waals surface area (Å²) in [5.74, 6) is 0. The van der Waals surface area contributed by atoms with Gasteiger partial charge >= 0.3 is 48.6 Å². The van der Waals surface area contributed by atoms with E-state index in [0.29, 0.717) is 0 Å². The van der Waals surface area contributed by atoms with Gasteiger partial charge in [0.1, 0.15) is 0 Å². The maximum absolute atomic E-state index is 5.06. The summed E-state index contributed by atoms with van der Waals surface area (Å²) >= 11 is 0.934. The molecule has 0 N–H and O–H groups in total. The Morgan fingerprint density at radius 1 is 1.33 bits per heavy atom. The van der Waals surface area contributed by atoms with Crippen molar-refractivity contribution in [2.45, 2.75) is 26.4 Å². The van der Waals surface area contributed by atoms with Gasteiger partial charge in [0.05, 0.1) is 0 Å². The fourth-order valence-corrected chi connectivity index (χ4v) is 0. The first-order valence-electron chi connectivity index (χ1n) is 1.99. The molecule has 0 heterocycles. The van der Waals surface area contributed by atoms with Crippen LogP contribution in [-0.2, 0) is 22.2 Å². The molecule has 33 valence electrons. The van der Waals surface area contributed by atoms with Crippen molar-refractivity contribution in [3.8, 4) is 0 Å². The van der Waals surface area contributed by atoms with Crippen LogP contribution in [-0.4, -0.2) is 5.60 Å². The van der Waals surface area contributed by atoms with Gasteiger partial charge in [0, 0.05) is 0 Å². The second-order valence-electron chi connectivity index (χ2n) is 2.26. The molecule has 0 aromatic heterocycles. The van der Waals surface area contributed by atoms with Crippen molar-refractivity contribution in [3.63, 3.8) is 0 Å². The molecule has 0 aromatic carbocycles. The molecule has 0 saturated carbocycles. The zero-order valence-electron chi connectivity index (χ0n) is 4.62. The Morgan fingerprint density at radius 2 is 1.50 bits per heavy atom. The van der Waals surface area contributed by atoms with Crippen molar-refractivity contribution in [2.24, 2.45) is 0 Å². The number of hydrogen-bond acceptors (Lipinski definition) is 1. The van der Waals surface area contributed by atoms with Crippen LogP contribution in [0.5, 0.6) is 0 Å². The van der Waals surface area contributed by atoms with Gasteiger partial charge in [0.15, 0.2) is 0 Å². The van der Waals surface area contributed by atoms with Crippen molar-refractivity contribution >= 4 is 0 Å². The molecule has 0 radical (unpaired) electrons. The van der Waals surface area contributed by atoms with Gasteiger partial charge in [0.25, 0.3) is 0 Å². The third kappa shape index (κ3) is 4.58. The van der Waals surface area contributed by atoms with Crippen molar-refractivity contribution in [1.29, 1.82) is 0 Å². The monoisotopic (exact) mass is 137 g/mol. The number of hydrogen-bond donors (Lipinski definition) is 0. The van der Waals surface area contributed by atoms with Crippen molar-refractivity contribution < 1.29 is 22.2 Å². The van der Waals surface area contributed by atoms with E-state index >= 15 is 0 Å². The molecular formula is C4H9OZn. The summed E-state index contributed by atoms with van der Waals surface area (Å²) in [5, 5.41) is 0. The van der Waals surface area contributed by atoms with Crippen molar-refractivity contribution in [1.82, 2.24) is 0 Å². The Balaban J connectivity index is 3.17. The van der Waals surface area contributed by atoms with Gasteiger partial charge in [-0.3, -0.25) is 0 Å². The zero-order chi connectivity index (χ0) is 5.21. The van der Waals surface area contributed by atoms with Crippen LogP contribution in [0.3, 0.4) is 0 Å². The first-order chi connectivity index (χ1) is 2.56. The molecule has 1 nitrogen and oxygen atoms in total. The molecule has 0 aliphatic rings. The van der Waals surface area contributed by atoms with Gasteiger partial charge < -0.3 is 0 Å². The molecule has 2 heteroatoms. The van der Waals surface area contributed by atoms with Gasteiger partial charge in [-0.1, -0.05) is 0 Å². The first kappa shape index (κ1) is 6.58. The van der Waals surface area contributed by atoms with E-state index in [0.717, 1.165) is 18.7 Å². The van der Waals surface area contributed by atoms with Crippen LogP contribution in [0.2, 0.25) is 0 Å². The first-order valence-corrected chi connectivity index (χ1v) is 3.20. The standard InChI is InChI=1S/C4H9O.Zn/c1-4(2,3)5;/h1-3H3;/q-1;+1.